The van der Waals surface area contributed by atoms with Gasteiger partial charge in [-0.05, 0) is 36.4 Å². The molecule has 1 aromatic heterocycles. The lowest BCUT2D eigenvalue weighted by atomic mass is 10.3. The van der Waals surface area contributed by atoms with E-state index in [0.29, 0.717) is 54.0 Å². The van der Waals surface area contributed by atoms with E-state index >= 15 is 0 Å². The predicted molar refractivity (Wildman–Crippen MR) is 102 cm³/mol. The summed E-state index contributed by atoms with van der Waals surface area (Å²) in [5, 5.41) is 13.3. The number of benzene rings is 2. The molecule has 0 aliphatic carbocycles. The molecule has 0 spiro atoms. The molecule has 10 heteroatoms. The number of sulfonamides is 1. The number of phenolic OH excluding ortho intramolecular Hbond substituents is 1. The SMILES string of the molecule is O=S(=O)(c1ccc2nc(Nc3cc(Cl)ccc3O)[nH]c2c1)N1CCOCC1. The van der Waals surface area contributed by atoms with Gasteiger partial charge in [-0.3, -0.25) is 0 Å². The van der Waals surface area contributed by atoms with Crippen molar-refractivity contribution in [3.05, 3.63) is 41.4 Å². The fourth-order valence-corrected chi connectivity index (χ4v) is 4.49. The second-order valence-corrected chi connectivity index (χ2v) is 8.44. The first kappa shape index (κ1) is 18.1. The number of H-pyrrole nitrogens is 1. The van der Waals surface area contributed by atoms with Crippen molar-refractivity contribution < 1.29 is 18.3 Å². The molecule has 0 bridgehead atoms. The third-order valence-electron chi connectivity index (χ3n) is 4.27. The molecule has 4 rings (SSSR count). The van der Waals surface area contributed by atoms with Gasteiger partial charge in [0.25, 0.3) is 0 Å². The smallest absolute Gasteiger partial charge is 0.243 e. The molecule has 2 aromatic carbocycles. The number of anilines is 2. The van der Waals surface area contributed by atoms with Gasteiger partial charge in [-0.1, -0.05) is 11.6 Å². The van der Waals surface area contributed by atoms with E-state index in [4.69, 9.17) is 16.3 Å². The van der Waals surface area contributed by atoms with Gasteiger partial charge in [-0.25, -0.2) is 13.4 Å². The van der Waals surface area contributed by atoms with E-state index in [1.54, 1.807) is 24.3 Å². The van der Waals surface area contributed by atoms with Crippen LogP contribution in [0.1, 0.15) is 0 Å². The summed E-state index contributed by atoms with van der Waals surface area (Å²) in [5.41, 5.74) is 1.55. The minimum Gasteiger partial charge on any atom is -0.506 e. The summed E-state index contributed by atoms with van der Waals surface area (Å²) in [4.78, 5) is 7.58. The molecule has 1 aliphatic rings. The van der Waals surface area contributed by atoms with Gasteiger partial charge in [0, 0.05) is 18.1 Å². The van der Waals surface area contributed by atoms with Crippen LogP contribution in [-0.2, 0) is 14.8 Å². The van der Waals surface area contributed by atoms with Crippen LogP contribution >= 0.6 is 11.6 Å². The average molecular weight is 409 g/mol. The number of aromatic amines is 1. The van der Waals surface area contributed by atoms with E-state index in [1.807, 2.05) is 0 Å². The van der Waals surface area contributed by atoms with Crippen LogP contribution in [0.5, 0.6) is 5.75 Å². The van der Waals surface area contributed by atoms with Crippen LogP contribution in [-0.4, -0.2) is 54.1 Å². The summed E-state index contributed by atoms with van der Waals surface area (Å²) in [5.74, 6) is 0.388. The van der Waals surface area contributed by atoms with Crippen LogP contribution in [0.4, 0.5) is 11.6 Å². The number of hydrogen-bond acceptors (Lipinski definition) is 6. The minimum absolute atomic E-state index is 0.0236. The fourth-order valence-electron chi connectivity index (χ4n) is 2.88. The molecule has 27 heavy (non-hydrogen) atoms. The Labute approximate surface area is 160 Å². The maximum Gasteiger partial charge on any atom is 0.243 e. The zero-order valence-electron chi connectivity index (χ0n) is 14.1. The van der Waals surface area contributed by atoms with Crippen LogP contribution in [0.25, 0.3) is 11.0 Å². The zero-order valence-corrected chi connectivity index (χ0v) is 15.7. The number of aromatic hydroxyl groups is 1. The van der Waals surface area contributed by atoms with E-state index < -0.39 is 10.0 Å². The van der Waals surface area contributed by atoms with E-state index in [-0.39, 0.29) is 10.6 Å². The highest BCUT2D eigenvalue weighted by molar-refractivity contribution is 7.89. The Kier molecular flexibility index (Phi) is 4.68. The van der Waals surface area contributed by atoms with Crippen LogP contribution in [0, 0.1) is 0 Å². The number of phenols is 1. The number of nitrogens with zero attached hydrogens (tertiary/aromatic N) is 2. The van der Waals surface area contributed by atoms with Gasteiger partial charge in [0.15, 0.2) is 0 Å². The Hall–Kier alpha value is -2.33. The molecule has 3 N–H and O–H groups in total. The second-order valence-electron chi connectivity index (χ2n) is 6.07. The van der Waals surface area contributed by atoms with Crippen molar-refractivity contribution in [1.82, 2.24) is 14.3 Å². The third-order valence-corrected chi connectivity index (χ3v) is 6.40. The summed E-state index contributed by atoms with van der Waals surface area (Å²) in [6.07, 6.45) is 0. The molecule has 1 saturated heterocycles. The van der Waals surface area contributed by atoms with Crippen LogP contribution in [0.15, 0.2) is 41.3 Å². The van der Waals surface area contributed by atoms with Crippen LogP contribution < -0.4 is 5.32 Å². The number of aromatic nitrogens is 2. The summed E-state index contributed by atoms with van der Waals surface area (Å²) in [7, 11) is -3.59. The predicted octanol–water partition coefficient (Wildman–Crippen LogP) is 2.69. The Morgan fingerprint density at radius 2 is 1.96 bits per heavy atom. The number of imidazole rings is 1. The van der Waals surface area contributed by atoms with Crippen LogP contribution in [0.2, 0.25) is 5.02 Å². The van der Waals surface area contributed by atoms with Crippen molar-refractivity contribution in [2.45, 2.75) is 4.90 Å². The molecule has 3 aromatic rings. The number of fused-ring (bicyclic) bond motifs is 1. The molecule has 0 radical (unpaired) electrons. The lowest BCUT2D eigenvalue weighted by molar-refractivity contribution is 0.0730. The first-order valence-electron chi connectivity index (χ1n) is 8.27. The Bertz CT molecular complexity index is 1090. The Morgan fingerprint density at radius 1 is 1.19 bits per heavy atom. The quantitative estimate of drug-likeness (QED) is 0.573. The van der Waals surface area contributed by atoms with Gasteiger partial charge in [-0.15, -0.1) is 0 Å². The van der Waals surface area contributed by atoms with Crippen molar-refractivity contribution >= 4 is 44.3 Å². The fraction of sp³-hybridized carbons (Fsp3) is 0.235. The Balaban J connectivity index is 1.65. The number of halogens is 1. The zero-order chi connectivity index (χ0) is 19.0. The van der Waals surface area contributed by atoms with E-state index in [9.17, 15) is 13.5 Å². The molecular weight excluding hydrogens is 392 g/mol. The summed E-state index contributed by atoms with van der Waals surface area (Å²) >= 11 is 5.94. The van der Waals surface area contributed by atoms with Gasteiger partial charge in [0.05, 0.1) is 34.8 Å². The molecular formula is C17H17ClN4O4S. The Morgan fingerprint density at radius 3 is 2.74 bits per heavy atom. The monoisotopic (exact) mass is 408 g/mol. The van der Waals surface area contributed by atoms with Gasteiger partial charge < -0.3 is 20.1 Å². The largest absolute Gasteiger partial charge is 0.506 e. The lowest BCUT2D eigenvalue weighted by Crippen LogP contribution is -2.40. The molecule has 1 aliphatic heterocycles. The third kappa shape index (κ3) is 3.59. The van der Waals surface area contributed by atoms with Crippen molar-refractivity contribution in [1.29, 1.82) is 0 Å². The van der Waals surface area contributed by atoms with Gasteiger partial charge >= 0.3 is 0 Å². The molecule has 142 valence electrons. The van der Waals surface area contributed by atoms with Crippen LogP contribution in [0.3, 0.4) is 0 Å². The van der Waals surface area contributed by atoms with Crippen molar-refractivity contribution in [2.75, 3.05) is 31.6 Å². The molecule has 2 heterocycles. The molecule has 1 fully saturated rings. The number of rotatable bonds is 4. The van der Waals surface area contributed by atoms with Crippen molar-refractivity contribution in [3.8, 4) is 5.75 Å². The lowest BCUT2D eigenvalue weighted by Gasteiger charge is -2.25. The first-order valence-corrected chi connectivity index (χ1v) is 10.1. The molecule has 0 atom stereocenters. The standard InChI is InChI=1S/C17H17ClN4O4S/c18-11-1-4-16(23)15(9-11)21-17-19-13-3-2-12(10-14(13)20-17)27(24,25)22-5-7-26-8-6-22/h1-4,9-10,23H,5-8H2,(H2,19,20,21). The number of hydrogen-bond donors (Lipinski definition) is 3. The average Bonchev–Trinajstić information content (AvgIpc) is 3.07. The minimum atomic E-state index is -3.59. The maximum absolute atomic E-state index is 12.8. The van der Waals surface area contributed by atoms with Gasteiger partial charge in [0.2, 0.25) is 16.0 Å². The highest BCUT2D eigenvalue weighted by atomic mass is 35.5. The number of ether oxygens (including phenoxy) is 1. The maximum atomic E-state index is 12.8. The van der Waals surface area contributed by atoms with Gasteiger partial charge in [0.1, 0.15) is 5.75 Å². The highest BCUT2D eigenvalue weighted by Crippen LogP contribution is 2.30. The number of nitrogens with one attached hydrogen (secondary N) is 2. The van der Waals surface area contributed by atoms with E-state index in [0.717, 1.165) is 0 Å². The van der Waals surface area contributed by atoms with Gasteiger partial charge in [-0.2, -0.15) is 4.31 Å². The topological polar surface area (TPSA) is 108 Å². The summed E-state index contributed by atoms with van der Waals surface area (Å²) in [6, 6.07) is 9.34. The van der Waals surface area contributed by atoms with E-state index in [1.165, 1.54) is 16.4 Å². The number of morpholine rings is 1. The second kappa shape index (κ2) is 7.01. The molecule has 0 amide bonds. The normalized spacial score (nSPS) is 15.9. The van der Waals surface area contributed by atoms with Crippen molar-refractivity contribution in [3.63, 3.8) is 0 Å². The first-order chi connectivity index (χ1) is 12.9. The molecule has 8 nitrogen and oxygen atoms in total. The molecule has 0 saturated carbocycles. The highest BCUT2D eigenvalue weighted by Gasteiger charge is 2.26. The summed E-state index contributed by atoms with van der Waals surface area (Å²) in [6.45, 7) is 1.46. The van der Waals surface area contributed by atoms with Crippen molar-refractivity contribution in [2.24, 2.45) is 0 Å². The van der Waals surface area contributed by atoms with E-state index in [2.05, 4.69) is 15.3 Å². The summed E-state index contributed by atoms with van der Waals surface area (Å²) < 4.78 is 32.2. The molecule has 0 unspecified atom stereocenters.